The second kappa shape index (κ2) is 13.1. The van der Waals surface area contributed by atoms with Crippen molar-refractivity contribution >= 4 is 17.7 Å². The van der Waals surface area contributed by atoms with E-state index in [2.05, 4.69) is 69.1 Å². The highest BCUT2D eigenvalue weighted by molar-refractivity contribution is 5.86. The van der Waals surface area contributed by atoms with Gasteiger partial charge in [0.2, 0.25) is 5.95 Å². The molecule has 4 aromatic rings. The van der Waals surface area contributed by atoms with E-state index in [9.17, 15) is 4.79 Å². The number of hydrogen-bond acceptors (Lipinski definition) is 9. The maximum Gasteiger partial charge on any atom is 0.320 e. The number of ether oxygens (including phenoxy) is 2. The summed E-state index contributed by atoms with van der Waals surface area (Å²) in [5.41, 5.74) is 7.06. The number of anilines is 2. The van der Waals surface area contributed by atoms with Gasteiger partial charge in [-0.1, -0.05) is 37.3 Å². The molecule has 11 heteroatoms. The standard InChI is InChI=1S/C34H42N8O3/c1-24-20-26-22-39(2)33(25-6-4-3-5-7-25)31(26)32-28(24)21-35-34(37-32)36-29-8-11-42(38-29)17-16-40-12-14-41(15-13-40)23-30(43)45-27-9-18-44-19-10-27/h3-8,11,21-22,24,27H,9-10,12-20,23H2,1-2H3,(H,35,36,37,38)/t24-/m1/s1. The molecule has 1 aliphatic carbocycles. The number of piperazine rings is 1. The van der Waals surface area contributed by atoms with Gasteiger partial charge in [0.05, 0.1) is 37.7 Å². The molecule has 0 amide bonds. The molecule has 11 nitrogen and oxygen atoms in total. The quantitative estimate of drug-likeness (QED) is 0.281. The van der Waals surface area contributed by atoms with Crippen LogP contribution in [-0.2, 0) is 34.3 Å². The van der Waals surface area contributed by atoms with Gasteiger partial charge in [-0.15, -0.1) is 0 Å². The van der Waals surface area contributed by atoms with E-state index in [1.807, 2.05) is 29.2 Å². The van der Waals surface area contributed by atoms with Crippen LogP contribution in [0.15, 0.2) is 55.0 Å². The Kier molecular flexibility index (Phi) is 8.64. The maximum atomic E-state index is 12.4. The molecule has 5 heterocycles. The zero-order valence-corrected chi connectivity index (χ0v) is 26.2. The van der Waals surface area contributed by atoms with Crippen molar-refractivity contribution in [2.45, 2.75) is 44.8 Å². The number of hydrogen-bond donors (Lipinski definition) is 1. The van der Waals surface area contributed by atoms with E-state index < -0.39 is 0 Å². The molecule has 0 spiro atoms. The van der Waals surface area contributed by atoms with Crippen LogP contribution in [0.2, 0.25) is 0 Å². The highest BCUT2D eigenvalue weighted by atomic mass is 16.6. The van der Waals surface area contributed by atoms with Crippen LogP contribution in [-0.4, -0.2) is 98.7 Å². The van der Waals surface area contributed by atoms with Gasteiger partial charge in [0.15, 0.2) is 5.82 Å². The lowest BCUT2D eigenvalue weighted by Crippen LogP contribution is -2.49. The Morgan fingerprint density at radius 2 is 1.82 bits per heavy atom. The Morgan fingerprint density at radius 1 is 1.04 bits per heavy atom. The molecule has 3 aliphatic rings. The van der Waals surface area contributed by atoms with Crippen molar-refractivity contribution in [3.63, 3.8) is 0 Å². The van der Waals surface area contributed by atoms with Crippen molar-refractivity contribution < 1.29 is 14.3 Å². The largest absolute Gasteiger partial charge is 0.461 e. The van der Waals surface area contributed by atoms with E-state index in [0.29, 0.717) is 31.6 Å². The third-order valence-electron chi connectivity index (χ3n) is 9.23. The molecule has 2 aliphatic heterocycles. The zero-order chi connectivity index (χ0) is 30.8. The SMILES string of the molecule is C[C@@H]1Cc2cn(C)c(-c3ccccc3)c2-c2nc(Nc3ccn(CCN4CCN(CC(=O)OC5CCOCC5)CC4)n3)ncc21. The van der Waals surface area contributed by atoms with E-state index in [-0.39, 0.29) is 12.1 Å². The number of carbonyl (C=O) groups excluding carboxylic acids is 1. The Morgan fingerprint density at radius 3 is 2.62 bits per heavy atom. The van der Waals surface area contributed by atoms with Crippen LogP contribution in [0.25, 0.3) is 22.5 Å². The molecule has 0 bridgehead atoms. The Labute approximate surface area is 264 Å². The first kappa shape index (κ1) is 29.6. The molecule has 45 heavy (non-hydrogen) atoms. The van der Waals surface area contributed by atoms with E-state index >= 15 is 0 Å². The van der Waals surface area contributed by atoms with Crippen LogP contribution in [0.5, 0.6) is 0 Å². The number of fused-ring (bicyclic) bond motifs is 3. The number of aryl methyl sites for hydroxylation is 1. The number of nitrogens with one attached hydrogen (secondary N) is 1. The van der Waals surface area contributed by atoms with Gasteiger partial charge >= 0.3 is 5.97 Å². The minimum atomic E-state index is -0.120. The monoisotopic (exact) mass is 610 g/mol. The smallest absolute Gasteiger partial charge is 0.320 e. The molecule has 2 saturated heterocycles. The van der Waals surface area contributed by atoms with Crippen LogP contribution in [0.4, 0.5) is 11.8 Å². The lowest BCUT2D eigenvalue weighted by atomic mass is 9.83. The average molecular weight is 611 g/mol. The highest BCUT2D eigenvalue weighted by Crippen LogP contribution is 2.44. The molecule has 1 atom stereocenters. The fourth-order valence-electron chi connectivity index (χ4n) is 6.79. The van der Waals surface area contributed by atoms with Crippen LogP contribution in [0, 0.1) is 0 Å². The van der Waals surface area contributed by atoms with Gasteiger partial charge in [0, 0.05) is 88.4 Å². The second-order valence-corrected chi connectivity index (χ2v) is 12.5. The van der Waals surface area contributed by atoms with Crippen molar-refractivity contribution in [2.75, 3.05) is 57.8 Å². The number of carbonyl (C=O) groups is 1. The minimum absolute atomic E-state index is 0.00714. The summed E-state index contributed by atoms with van der Waals surface area (Å²) in [4.78, 5) is 26.7. The number of benzene rings is 1. The number of rotatable bonds is 9. The summed E-state index contributed by atoms with van der Waals surface area (Å²) in [6, 6.07) is 12.5. The van der Waals surface area contributed by atoms with E-state index in [1.54, 1.807) is 0 Å². The molecule has 236 valence electrons. The molecule has 1 N–H and O–H groups in total. The third-order valence-corrected chi connectivity index (χ3v) is 9.23. The van der Waals surface area contributed by atoms with Gasteiger partial charge < -0.3 is 19.4 Å². The zero-order valence-electron chi connectivity index (χ0n) is 26.2. The van der Waals surface area contributed by atoms with Crippen molar-refractivity contribution in [1.29, 1.82) is 0 Å². The summed E-state index contributed by atoms with van der Waals surface area (Å²) in [5.74, 6) is 1.50. The molecular weight excluding hydrogens is 568 g/mol. The fourth-order valence-corrected chi connectivity index (χ4v) is 6.79. The topological polar surface area (TPSA) is 103 Å². The van der Waals surface area contributed by atoms with Crippen molar-refractivity contribution in [3.8, 4) is 22.5 Å². The Hall–Kier alpha value is -4.06. The van der Waals surface area contributed by atoms with Gasteiger partial charge in [-0.05, 0) is 23.5 Å². The number of nitrogens with zero attached hydrogens (tertiary/aromatic N) is 7. The van der Waals surface area contributed by atoms with Gasteiger partial charge in [0.25, 0.3) is 0 Å². The van der Waals surface area contributed by atoms with Crippen molar-refractivity contribution in [3.05, 3.63) is 66.1 Å². The fraction of sp³-hybridized carbons (Fsp3) is 0.471. The van der Waals surface area contributed by atoms with Crippen molar-refractivity contribution in [1.82, 2.24) is 34.1 Å². The molecule has 0 unspecified atom stereocenters. The molecule has 7 rings (SSSR count). The Bertz CT molecular complexity index is 1620. The van der Waals surface area contributed by atoms with Gasteiger partial charge in [-0.2, -0.15) is 5.10 Å². The summed E-state index contributed by atoms with van der Waals surface area (Å²) in [5, 5.41) is 8.10. The summed E-state index contributed by atoms with van der Waals surface area (Å²) in [6.07, 6.45) is 8.79. The molecule has 1 aromatic carbocycles. The van der Waals surface area contributed by atoms with E-state index in [4.69, 9.17) is 19.6 Å². The first-order valence-corrected chi connectivity index (χ1v) is 16.1. The third kappa shape index (κ3) is 6.66. The van der Waals surface area contributed by atoms with Gasteiger partial charge in [-0.3, -0.25) is 19.3 Å². The number of aromatic nitrogens is 5. The Balaban J connectivity index is 0.947. The lowest BCUT2D eigenvalue weighted by molar-refractivity contribution is -0.154. The van der Waals surface area contributed by atoms with E-state index in [1.165, 1.54) is 27.9 Å². The normalized spacial score (nSPS) is 19.2. The van der Waals surface area contributed by atoms with Crippen LogP contribution in [0.1, 0.15) is 36.8 Å². The van der Waals surface area contributed by atoms with Crippen LogP contribution in [0.3, 0.4) is 0 Å². The molecule has 0 radical (unpaired) electrons. The highest BCUT2D eigenvalue weighted by Gasteiger charge is 2.29. The molecular formula is C34H42N8O3. The average Bonchev–Trinajstić information content (AvgIpc) is 3.64. The molecule has 0 saturated carbocycles. The van der Waals surface area contributed by atoms with Gasteiger partial charge in [0.1, 0.15) is 6.10 Å². The first-order valence-electron chi connectivity index (χ1n) is 16.1. The predicted octanol–water partition coefficient (Wildman–Crippen LogP) is 4.09. The maximum absolute atomic E-state index is 12.4. The summed E-state index contributed by atoms with van der Waals surface area (Å²) < 4.78 is 15.2. The summed E-state index contributed by atoms with van der Waals surface area (Å²) in [6.45, 7) is 9.20. The second-order valence-electron chi connectivity index (χ2n) is 12.5. The lowest BCUT2D eigenvalue weighted by Gasteiger charge is -2.34. The van der Waals surface area contributed by atoms with Crippen LogP contribution < -0.4 is 5.32 Å². The first-order chi connectivity index (χ1) is 22.0. The van der Waals surface area contributed by atoms with Gasteiger partial charge in [-0.25, -0.2) is 9.97 Å². The molecule has 3 aromatic heterocycles. The minimum Gasteiger partial charge on any atom is -0.461 e. The van der Waals surface area contributed by atoms with Crippen LogP contribution >= 0.6 is 0 Å². The molecule has 2 fully saturated rings. The summed E-state index contributed by atoms with van der Waals surface area (Å²) in [7, 11) is 2.11. The predicted molar refractivity (Wildman–Crippen MR) is 172 cm³/mol. The van der Waals surface area contributed by atoms with E-state index in [0.717, 1.165) is 70.0 Å². The summed E-state index contributed by atoms with van der Waals surface area (Å²) >= 11 is 0. The number of esters is 1. The van der Waals surface area contributed by atoms with Crippen molar-refractivity contribution in [2.24, 2.45) is 7.05 Å².